The second-order valence-electron chi connectivity index (χ2n) is 8.75. The molecule has 0 bridgehead atoms. The van der Waals surface area contributed by atoms with Crippen molar-refractivity contribution in [3.63, 3.8) is 0 Å². The Morgan fingerprint density at radius 1 is 1.21 bits per heavy atom. The molecule has 2 aromatic rings. The van der Waals surface area contributed by atoms with Crippen LogP contribution in [0.15, 0.2) is 29.4 Å². The number of rotatable bonds is 3. The predicted molar refractivity (Wildman–Crippen MR) is 117 cm³/mol. The Morgan fingerprint density at radius 3 is 2.41 bits per heavy atom. The summed E-state index contributed by atoms with van der Waals surface area (Å²) in [5.41, 5.74) is 2.31. The molecule has 1 aliphatic heterocycles. The number of nitrogens with one attached hydrogen (secondary N) is 1. The molecule has 2 heterocycles. The lowest BCUT2D eigenvalue weighted by Gasteiger charge is -2.29. The van der Waals surface area contributed by atoms with E-state index in [4.69, 9.17) is 5.73 Å². The van der Waals surface area contributed by atoms with Gasteiger partial charge in [-0.05, 0) is 39.0 Å². The lowest BCUT2D eigenvalue weighted by molar-refractivity contribution is -0.141. The molecule has 3 N–H and O–H groups in total. The highest BCUT2D eigenvalue weighted by Crippen LogP contribution is 2.37. The zero-order chi connectivity index (χ0) is 25.9. The van der Waals surface area contributed by atoms with Crippen LogP contribution in [0.3, 0.4) is 0 Å². The summed E-state index contributed by atoms with van der Waals surface area (Å²) in [7, 11) is -1.38. The Hall–Kier alpha value is -3.00. The van der Waals surface area contributed by atoms with Gasteiger partial charge >= 0.3 is 6.18 Å². The topological polar surface area (TPSA) is 123 Å². The third-order valence-electron chi connectivity index (χ3n) is 5.72. The minimum Gasteiger partial charge on any atom is -0.386 e. The molecule has 1 atom stereocenters. The van der Waals surface area contributed by atoms with Crippen molar-refractivity contribution in [2.45, 2.75) is 37.2 Å². The van der Waals surface area contributed by atoms with E-state index in [0.29, 0.717) is 0 Å². The highest BCUT2D eigenvalue weighted by atomic mass is 32.2. The van der Waals surface area contributed by atoms with Gasteiger partial charge in [0.25, 0.3) is 5.91 Å². The van der Waals surface area contributed by atoms with E-state index in [1.54, 1.807) is 0 Å². The Morgan fingerprint density at radius 2 is 1.82 bits per heavy atom. The first-order chi connectivity index (χ1) is 15.4. The molecule has 0 aliphatic carbocycles. The zero-order valence-electron chi connectivity index (χ0n) is 19.0. The summed E-state index contributed by atoms with van der Waals surface area (Å²) in [6, 6.07) is 3.35. The van der Waals surface area contributed by atoms with Crippen molar-refractivity contribution in [2.75, 3.05) is 18.9 Å². The van der Waals surface area contributed by atoms with Gasteiger partial charge in [-0.3, -0.25) is 14.5 Å². The van der Waals surface area contributed by atoms with Gasteiger partial charge in [-0.25, -0.2) is 17.1 Å². The van der Waals surface area contributed by atoms with Crippen molar-refractivity contribution in [1.29, 1.82) is 0 Å². The summed E-state index contributed by atoms with van der Waals surface area (Å²) in [6.07, 6.45) is -3.94. The van der Waals surface area contributed by atoms with E-state index >= 15 is 0 Å². The molecule has 1 aromatic heterocycles. The molecule has 34 heavy (non-hydrogen) atoms. The molecule has 1 aromatic carbocycles. The number of aryl methyl sites for hydroxylation is 1. The average molecular weight is 505 g/mol. The highest BCUT2D eigenvalue weighted by molar-refractivity contribution is 7.91. The van der Waals surface area contributed by atoms with E-state index in [-0.39, 0.29) is 23.6 Å². The number of carbonyl (C=O) groups is 1. The quantitative estimate of drug-likeness (QED) is 0.622. The average Bonchev–Trinajstić information content (AvgIpc) is 3.09. The van der Waals surface area contributed by atoms with Crippen molar-refractivity contribution in [3.8, 4) is 0 Å². The number of benzene rings is 1. The fourth-order valence-electron chi connectivity index (χ4n) is 3.70. The Bertz CT molecular complexity index is 1290. The normalized spacial score (nSPS) is 22.7. The van der Waals surface area contributed by atoms with Gasteiger partial charge in [0.05, 0.1) is 5.56 Å². The van der Waals surface area contributed by atoms with Gasteiger partial charge in [0.1, 0.15) is 21.9 Å². The van der Waals surface area contributed by atoms with Crippen molar-refractivity contribution in [3.05, 3.63) is 47.0 Å². The molecule has 0 radical (unpaired) electrons. The summed E-state index contributed by atoms with van der Waals surface area (Å²) in [4.78, 5) is 16.9. The second-order valence-corrected chi connectivity index (χ2v) is 11.3. The predicted octanol–water partition coefficient (Wildman–Crippen LogP) is 2.46. The lowest BCUT2D eigenvalue weighted by atomic mass is 9.91. The molecule has 0 fully saturated rings. The van der Waals surface area contributed by atoms with Crippen LogP contribution in [0.2, 0.25) is 0 Å². The lowest BCUT2D eigenvalue weighted by Crippen LogP contribution is -2.50. The minimum absolute atomic E-state index is 0.0256. The van der Waals surface area contributed by atoms with E-state index in [0.717, 1.165) is 27.3 Å². The number of nitrogens with two attached hydrogens (primary N) is 1. The number of aliphatic imine (C=N–C) groups is 1. The second kappa shape index (κ2) is 8.05. The fraction of sp³-hybridized carbons (Fsp3) is 0.450. The van der Waals surface area contributed by atoms with E-state index in [2.05, 4.69) is 15.4 Å². The minimum atomic E-state index is -4.86. The molecule has 0 saturated heterocycles. The van der Waals surface area contributed by atoms with Gasteiger partial charge in [0, 0.05) is 38.1 Å². The molecule has 14 heteroatoms. The van der Waals surface area contributed by atoms with E-state index in [1.165, 1.54) is 40.9 Å². The van der Waals surface area contributed by atoms with Crippen molar-refractivity contribution in [1.82, 2.24) is 14.1 Å². The van der Waals surface area contributed by atoms with Gasteiger partial charge < -0.3 is 11.1 Å². The van der Waals surface area contributed by atoms with Crippen molar-refractivity contribution in [2.24, 2.45) is 17.8 Å². The molecule has 0 spiro atoms. The third kappa shape index (κ3) is 4.27. The molecule has 1 aliphatic rings. The van der Waals surface area contributed by atoms with Crippen LogP contribution in [0.4, 0.5) is 23.2 Å². The summed E-state index contributed by atoms with van der Waals surface area (Å²) in [5.74, 6) is -2.11. The van der Waals surface area contributed by atoms with Gasteiger partial charge in [-0.15, -0.1) is 0 Å². The maximum atomic E-state index is 14.9. The first-order valence-electron chi connectivity index (χ1n) is 9.94. The first-order valence-corrected chi connectivity index (χ1v) is 11.4. The molecule has 1 amide bonds. The van der Waals surface area contributed by atoms with Crippen LogP contribution in [-0.4, -0.2) is 52.6 Å². The Labute approximate surface area is 193 Å². The number of aromatic nitrogens is 2. The molecule has 0 saturated carbocycles. The number of anilines is 1. The van der Waals surface area contributed by atoms with E-state index in [1.807, 2.05) is 0 Å². The molecule has 3 rings (SSSR count). The maximum Gasteiger partial charge on any atom is 0.435 e. The Balaban J connectivity index is 2.04. The standard InChI is InChI=1S/C20H24F4N6O3S/c1-18(2)17(25)27-19(3,10-30(5)34(18,32)33)13-8-11(6-7-14(13)21)26-16(31)12-9-29(4)28-15(12)20(22,23)24/h6-9H,10H2,1-5H3,(H2,25,27)(H,26,31). The van der Waals surface area contributed by atoms with Gasteiger partial charge in [-0.1, -0.05) is 0 Å². The monoisotopic (exact) mass is 504 g/mol. The zero-order valence-corrected chi connectivity index (χ0v) is 19.8. The number of alkyl halides is 3. The Kier molecular flexibility index (Phi) is 6.06. The van der Waals surface area contributed by atoms with Gasteiger partial charge in [-0.2, -0.15) is 18.3 Å². The van der Waals surface area contributed by atoms with Crippen LogP contribution < -0.4 is 11.1 Å². The molecule has 1 unspecified atom stereocenters. The van der Waals surface area contributed by atoms with Crippen LogP contribution in [-0.2, 0) is 28.8 Å². The highest BCUT2D eigenvalue weighted by Gasteiger charge is 2.48. The van der Waals surface area contributed by atoms with Gasteiger partial charge in [0.15, 0.2) is 5.69 Å². The van der Waals surface area contributed by atoms with Crippen LogP contribution in [0.1, 0.15) is 42.4 Å². The number of amides is 1. The SMILES string of the molecule is CN1CC(C)(c2cc(NC(=O)c3cn(C)nc3C(F)(F)F)ccc2F)N=C(N)C(C)(C)S1(=O)=O. The number of halogens is 4. The van der Waals surface area contributed by atoms with Gasteiger partial charge in [0.2, 0.25) is 10.0 Å². The van der Waals surface area contributed by atoms with Crippen LogP contribution in [0, 0.1) is 5.82 Å². The largest absolute Gasteiger partial charge is 0.435 e. The third-order valence-corrected chi connectivity index (χ3v) is 8.16. The molecular formula is C20H24F4N6O3S. The number of sulfonamides is 1. The summed E-state index contributed by atoms with van der Waals surface area (Å²) >= 11 is 0. The molecule has 186 valence electrons. The van der Waals surface area contributed by atoms with E-state index < -0.39 is 49.5 Å². The number of amidine groups is 1. The summed E-state index contributed by atoms with van der Waals surface area (Å²) in [6.45, 7) is 3.96. The maximum absolute atomic E-state index is 14.9. The van der Waals surface area contributed by atoms with Crippen molar-refractivity contribution >= 4 is 27.5 Å². The van der Waals surface area contributed by atoms with Crippen LogP contribution in [0.25, 0.3) is 0 Å². The fourth-order valence-corrected chi connectivity index (χ4v) is 5.21. The summed E-state index contributed by atoms with van der Waals surface area (Å²) < 4.78 is 80.6. The van der Waals surface area contributed by atoms with Crippen molar-refractivity contribution < 1.29 is 30.8 Å². The smallest absolute Gasteiger partial charge is 0.386 e. The number of hydrogen-bond donors (Lipinski definition) is 2. The summed E-state index contributed by atoms with van der Waals surface area (Å²) in [5, 5.41) is 5.60. The number of carbonyl (C=O) groups excluding carboxylic acids is 1. The van der Waals surface area contributed by atoms with Crippen LogP contribution >= 0.6 is 0 Å². The number of likely N-dealkylation sites (N-methyl/N-ethyl adjacent to an activating group) is 1. The molecule has 9 nitrogen and oxygen atoms in total. The number of nitrogens with zero attached hydrogens (tertiary/aromatic N) is 4. The first kappa shape index (κ1) is 25.6. The molecular weight excluding hydrogens is 480 g/mol. The van der Waals surface area contributed by atoms with Crippen LogP contribution in [0.5, 0.6) is 0 Å². The van der Waals surface area contributed by atoms with E-state index in [9.17, 15) is 30.8 Å². The number of hydrogen-bond acceptors (Lipinski definition) is 6.